The molecule has 0 aromatic heterocycles. The van der Waals surface area contributed by atoms with Crippen molar-refractivity contribution < 1.29 is 0 Å². The lowest BCUT2D eigenvalue weighted by atomic mass is 9.58. The summed E-state index contributed by atoms with van der Waals surface area (Å²) in [6.07, 6.45) is 15.4. The van der Waals surface area contributed by atoms with E-state index in [1.165, 1.54) is 51.4 Å². The average Bonchev–Trinajstić information content (AvgIpc) is 2.53. The number of rotatable bonds is 11. The molecule has 0 rings (SSSR count). The first kappa shape index (κ1) is 26.7. The van der Waals surface area contributed by atoms with Gasteiger partial charge in [-0.1, -0.05) is 114 Å². The molecule has 0 saturated heterocycles. The van der Waals surface area contributed by atoms with Crippen molar-refractivity contribution in [1.82, 2.24) is 0 Å². The minimum atomic E-state index is 0.340. The molecule has 0 aromatic rings. The third-order valence-corrected chi connectivity index (χ3v) is 8.32. The highest BCUT2D eigenvalue weighted by Crippen LogP contribution is 2.51. The molecule has 2 unspecified atom stereocenters. The minimum Gasteiger partial charge on any atom is -0.0880 e. The van der Waals surface area contributed by atoms with Crippen LogP contribution in [-0.2, 0) is 0 Å². The van der Waals surface area contributed by atoms with Crippen LogP contribution >= 0.6 is 0 Å². The van der Waals surface area contributed by atoms with Crippen molar-refractivity contribution in [2.45, 2.75) is 134 Å². The molecule has 0 aliphatic rings. The van der Waals surface area contributed by atoms with Gasteiger partial charge in [-0.15, -0.1) is 0 Å². The molecule has 0 heteroatoms. The second-order valence-corrected chi connectivity index (χ2v) is 12.6. The molecule has 0 heterocycles. The van der Waals surface area contributed by atoms with Crippen LogP contribution in [0.5, 0.6) is 0 Å². The van der Waals surface area contributed by atoms with Gasteiger partial charge in [-0.3, -0.25) is 0 Å². The minimum absolute atomic E-state index is 0.340. The van der Waals surface area contributed by atoms with E-state index in [9.17, 15) is 0 Å². The fraction of sp³-hybridized carbons (Fsp3) is 0.926. The van der Waals surface area contributed by atoms with Gasteiger partial charge < -0.3 is 0 Å². The molecule has 0 spiro atoms. The van der Waals surface area contributed by atoms with Crippen LogP contribution in [-0.4, -0.2) is 0 Å². The molecule has 2 atom stereocenters. The molecule has 0 aromatic carbocycles. The third-order valence-electron chi connectivity index (χ3n) is 8.32. The van der Waals surface area contributed by atoms with E-state index in [4.69, 9.17) is 0 Å². The van der Waals surface area contributed by atoms with Gasteiger partial charge >= 0.3 is 0 Å². The van der Waals surface area contributed by atoms with Gasteiger partial charge in [0.15, 0.2) is 0 Å². The maximum absolute atomic E-state index is 2.56. The van der Waals surface area contributed by atoms with Crippen molar-refractivity contribution in [2.75, 3.05) is 0 Å². The number of hydrogen-bond acceptors (Lipinski definition) is 0. The van der Waals surface area contributed by atoms with Crippen LogP contribution in [0.15, 0.2) is 12.2 Å². The largest absolute Gasteiger partial charge is 0.0880 e. The summed E-state index contributed by atoms with van der Waals surface area (Å²) in [6, 6.07) is 0. The Balaban J connectivity index is 4.95. The van der Waals surface area contributed by atoms with Crippen LogP contribution in [0, 0.1) is 27.1 Å². The molecule has 162 valence electrons. The predicted octanol–water partition coefficient (Wildman–Crippen LogP) is 9.83. The Kier molecular flexibility index (Phi) is 9.88. The van der Waals surface area contributed by atoms with Crippen LogP contribution in [0.1, 0.15) is 134 Å². The smallest absolute Gasteiger partial charge is 0.0240 e. The first-order valence-corrected chi connectivity index (χ1v) is 11.7. The lowest BCUT2D eigenvalue weighted by Crippen LogP contribution is -2.36. The van der Waals surface area contributed by atoms with Gasteiger partial charge in [0.25, 0.3) is 0 Å². The first-order valence-electron chi connectivity index (χ1n) is 11.7. The van der Waals surface area contributed by atoms with Crippen molar-refractivity contribution in [2.24, 2.45) is 27.1 Å². The number of unbranched alkanes of at least 4 members (excludes halogenated alkanes) is 1. The lowest BCUT2D eigenvalue weighted by molar-refractivity contribution is 0.0479. The number of allylic oxidation sites excluding steroid dienone is 2. The molecular formula is C27H54. The van der Waals surface area contributed by atoms with Crippen molar-refractivity contribution >= 4 is 0 Å². The average molecular weight is 379 g/mol. The molecule has 0 aliphatic carbocycles. The summed E-state index contributed by atoms with van der Waals surface area (Å²) in [5, 5.41) is 0. The Hall–Kier alpha value is -0.260. The summed E-state index contributed by atoms with van der Waals surface area (Å²) >= 11 is 0. The fourth-order valence-corrected chi connectivity index (χ4v) is 3.92. The molecule has 0 bridgehead atoms. The Bertz CT molecular complexity index is 440. The van der Waals surface area contributed by atoms with Crippen molar-refractivity contribution in [3.05, 3.63) is 12.2 Å². The molecule has 0 amide bonds. The molecule has 0 fully saturated rings. The SMILES string of the molecule is CCC(C)(CC=CCC(C)(C)C(C)(C)C)C(C)(CC)CCCCC(C)(C)C. The van der Waals surface area contributed by atoms with E-state index in [2.05, 4.69) is 95.2 Å². The van der Waals surface area contributed by atoms with E-state index in [0.717, 1.165) is 0 Å². The summed E-state index contributed by atoms with van der Waals surface area (Å²) in [6.45, 7) is 28.9. The highest BCUT2D eigenvalue weighted by atomic mass is 14.4. The zero-order valence-electron chi connectivity index (χ0n) is 21.3. The Morgan fingerprint density at radius 3 is 1.41 bits per heavy atom. The number of hydrogen-bond donors (Lipinski definition) is 0. The standard InChI is InChI=1S/C27H54/c1-13-26(11,21-17-15-19-23(3,4)5)27(12,14-2)22-18-16-20-25(9,10)24(6,7)8/h16,18H,13-15,17,19-22H2,1-12H3. The van der Waals surface area contributed by atoms with Crippen molar-refractivity contribution in [3.63, 3.8) is 0 Å². The highest BCUT2D eigenvalue weighted by molar-refractivity contribution is 4.99. The summed E-state index contributed by atoms with van der Waals surface area (Å²) < 4.78 is 0. The molecule has 0 nitrogen and oxygen atoms in total. The van der Waals surface area contributed by atoms with E-state index in [-0.39, 0.29) is 0 Å². The quantitative estimate of drug-likeness (QED) is 0.248. The lowest BCUT2D eigenvalue weighted by Gasteiger charge is -2.46. The fourth-order valence-electron chi connectivity index (χ4n) is 3.92. The van der Waals surface area contributed by atoms with E-state index >= 15 is 0 Å². The topological polar surface area (TPSA) is 0 Å². The maximum Gasteiger partial charge on any atom is -0.0240 e. The zero-order valence-corrected chi connectivity index (χ0v) is 21.3. The van der Waals surface area contributed by atoms with Crippen molar-refractivity contribution in [3.8, 4) is 0 Å². The van der Waals surface area contributed by atoms with Crippen LogP contribution in [0.4, 0.5) is 0 Å². The van der Waals surface area contributed by atoms with Gasteiger partial charge in [0, 0.05) is 0 Å². The van der Waals surface area contributed by atoms with Crippen molar-refractivity contribution in [1.29, 1.82) is 0 Å². The zero-order chi connectivity index (χ0) is 21.6. The van der Waals surface area contributed by atoms with Crippen LogP contribution in [0.2, 0.25) is 0 Å². The normalized spacial score (nSPS) is 18.5. The van der Waals surface area contributed by atoms with E-state index < -0.39 is 0 Å². The Morgan fingerprint density at radius 1 is 0.556 bits per heavy atom. The monoisotopic (exact) mass is 378 g/mol. The molecule has 27 heavy (non-hydrogen) atoms. The second kappa shape index (κ2) is 9.98. The molecular weight excluding hydrogens is 324 g/mol. The third kappa shape index (κ3) is 8.33. The predicted molar refractivity (Wildman–Crippen MR) is 126 cm³/mol. The van der Waals surface area contributed by atoms with Gasteiger partial charge in [-0.05, 0) is 59.2 Å². The summed E-state index contributed by atoms with van der Waals surface area (Å²) in [5.41, 5.74) is 1.98. The van der Waals surface area contributed by atoms with Gasteiger partial charge in [0.2, 0.25) is 0 Å². The Morgan fingerprint density at radius 2 is 1.00 bits per heavy atom. The maximum atomic E-state index is 2.56. The molecule has 0 saturated carbocycles. The summed E-state index contributed by atoms with van der Waals surface area (Å²) in [5.74, 6) is 0. The Labute approximate surface area is 174 Å². The van der Waals surface area contributed by atoms with Crippen LogP contribution in [0.3, 0.4) is 0 Å². The van der Waals surface area contributed by atoms with Gasteiger partial charge in [-0.25, -0.2) is 0 Å². The van der Waals surface area contributed by atoms with Gasteiger partial charge in [0.1, 0.15) is 0 Å². The molecule has 0 aliphatic heterocycles. The summed E-state index contributed by atoms with van der Waals surface area (Å²) in [4.78, 5) is 0. The van der Waals surface area contributed by atoms with E-state index in [1.54, 1.807) is 0 Å². The molecule has 0 N–H and O–H groups in total. The van der Waals surface area contributed by atoms with Crippen LogP contribution in [0.25, 0.3) is 0 Å². The van der Waals surface area contributed by atoms with E-state index in [0.29, 0.717) is 27.1 Å². The molecule has 0 radical (unpaired) electrons. The van der Waals surface area contributed by atoms with E-state index in [1.807, 2.05) is 0 Å². The van der Waals surface area contributed by atoms with Gasteiger partial charge in [-0.2, -0.15) is 0 Å². The first-order chi connectivity index (χ1) is 12.0. The highest BCUT2D eigenvalue weighted by Gasteiger charge is 2.40. The second-order valence-electron chi connectivity index (χ2n) is 12.6. The summed E-state index contributed by atoms with van der Waals surface area (Å²) in [7, 11) is 0. The van der Waals surface area contributed by atoms with Crippen LogP contribution < -0.4 is 0 Å². The van der Waals surface area contributed by atoms with Gasteiger partial charge in [0.05, 0.1) is 0 Å².